The van der Waals surface area contributed by atoms with Crippen LogP contribution in [0.3, 0.4) is 0 Å². The smallest absolute Gasteiger partial charge is 0.290 e. The Labute approximate surface area is 203 Å². The second kappa shape index (κ2) is 9.03. The third-order valence-electron chi connectivity index (χ3n) is 7.01. The maximum atomic E-state index is 13.7. The molecule has 35 heavy (non-hydrogen) atoms. The molecule has 4 aromatic rings. The van der Waals surface area contributed by atoms with E-state index in [1.807, 2.05) is 51.9 Å². The molecule has 0 bridgehead atoms. The molecule has 5 heterocycles. The zero-order valence-corrected chi connectivity index (χ0v) is 19.4. The van der Waals surface area contributed by atoms with Gasteiger partial charge < -0.3 is 18.6 Å². The molecule has 1 unspecified atom stereocenters. The maximum absolute atomic E-state index is 13.7. The summed E-state index contributed by atoms with van der Waals surface area (Å²) >= 11 is 0. The molecule has 0 saturated carbocycles. The average molecular weight is 470 g/mol. The second-order valence-corrected chi connectivity index (χ2v) is 9.20. The van der Waals surface area contributed by atoms with Crippen LogP contribution in [0, 0.1) is 0 Å². The molecule has 2 amide bonds. The Morgan fingerprint density at radius 3 is 2.51 bits per heavy atom. The highest BCUT2D eigenvalue weighted by Gasteiger charge is 2.38. The van der Waals surface area contributed by atoms with E-state index in [-0.39, 0.29) is 17.6 Å². The Bertz CT molecular complexity index is 1320. The molecule has 8 heteroatoms. The zero-order chi connectivity index (χ0) is 23.8. The zero-order valence-electron chi connectivity index (χ0n) is 19.4. The Balaban J connectivity index is 1.15. The first kappa shape index (κ1) is 21.6. The van der Waals surface area contributed by atoms with Crippen molar-refractivity contribution in [3.05, 3.63) is 95.8 Å². The molecule has 1 aromatic carbocycles. The Kier molecular flexibility index (Phi) is 5.58. The Morgan fingerprint density at radius 1 is 0.943 bits per heavy atom. The molecule has 0 spiro atoms. The summed E-state index contributed by atoms with van der Waals surface area (Å²) < 4.78 is 7.40. The number of carbonyl (C=O) groups excluding carboxylic acids is 2. The first-order valence-electron chi connectivity index (χ1n) is 12.0. The van der Waals surface area contributed by atoms with Crippen molar-refractivity contribution in [3.63, 3.8) is 0 Å². The number of aromatic nitrogens is 2. The lowest BCUT2D eigenvalue weighted by Crippen LogP contribution is -2.57. The van der Waals surface area contributed by atoms with Gasteiger partial charge in [-0.05, 0) is 35.4 Å². The monoisotopic (exact) mass is 469 g/mol. The van der Waals surface area contributed by atoms with Gasteiger partial charge in [0.1, 0.15) is 11.7 Å². The molecule has 3 aromatic heterocycles. The summed E-state index contributed by atoms with van der Waals surface area (Å²) in [6.07, 6.45) is 6.07. The number of amides is 2. The lowest BCUT2D eigenvalue weighted by Gasteiger charge is -2.41. The number of hydrogen-bond donors (Lipinski definition) is 0. The van der Waals surface area contributed by atoms with E-state index in [1.54, 1.807) is 17.0 Å². The second-order valence-electron chi connectivity index (χ2n) is 9.20. The van der Waals surface area contributed by atoms with Gasteiger partial charge in [0.15, 0.2) is 5.76 Å². The van der Waals surface area contributed by atoms with Crippen molar-refractivity contribution < 1.29 is 14.0 Å². The average Bonchev–Trinajstić information content (AvgIpc) is 3.57. The third-order valence-corrected chi connectivity index (χ3v) is 7.01. The van der Waals surface area contributed by atoms with E-state index >= 15 is 0 Å². The number of carbonyl (C=O) groups is 2. The third kappa shape index (κ3) is 4.21. The van der Waals surface area contributed by atoms with E-state index in [2.05, 4.69) is 17.2 Å². The van der Waals surface area contributed by atoms with Crippen LogP contribution in [-0.2, 0) is 24.3 Å². The van der Waals surface area contributed by atoms with Crippen LogP contribution in [0.15, 0.2) is 77.7 Å². The van der Waals surface area contributed by atoms with Crippen molar-refractivity contribution in [1.82, 2.24) is 24.1 Å². The topological polar surface area (TPSA) is 74.3 Å². The van der Waals surface area contributed by atoms with E-state index in [9.17, 15) is 9.59 Å². The van der Waals surface area contributed by atoms with Crippen molar-refractivity contribution >= 4 is 17.5 Å². The number of piperazine rings is 1. The summed E-state index contributed by atoms with van der Waals surface area (Å²) in [5, 5.41) is 0. The number of hydrogen-bond acceptors (Lipinski definition) is 5. The molecule has 178 valence electrons. The first-order chi connectivity index (χ1) is 17.2. The van der Waals surface area contributed by atoms with Crippen LogP contribution < -0.4 is 0 Å². The SMILES string of the molecule is O=C(C1Cc2ccccc2CN1C(=O)c1ccco1)N1CCN(Cc2cn3ccccc3n2)CC1. The van der Waals surface area contributed by atoms with Crippen LogP contribution in [0.2, 0.25) is 0 Å². The van der Waals surface area contributed by atoms with Gasteiger partial charge >= 0.3 is 0 Å². The Hall–Kier alpha value is -3.91. The molecule has 2 aliphatic rings. The van der Waals surface area contributed by atoms with E-state index in [0.29, 0.717) is 26.1 Å². The number of rotatable bonds is 4. The fourth-order valence-corrected chi connectivity index (χ4v) is 5.13. The molecule has 6 rings (SSSR count). The molecule has 1 fully saturated rings. The standard InChI is InChI=1S/C27H27N5O3/c33-26(30-13-11-29(12-14-30)18-22-19-31-10-4-3-9-25(31)28-22)23-16-20-6-1-2-7-21(20)17-32(23)27(34)24-8-5-15-35-24/h1-10,15,19,23H,11-14,16-18H2. The number of benzene rings is 1. The van der Waals surface area contributed by atoms with E-state index in [0.717, 1.165) is 42.1 Å². The van der Waals surface area contributed by atoms with Gasteiger partial charge in [0, 0.05) is 58.1 Å². The lowest BCUT2D eigenvalue weighted by molar-refractivity contribution is -0.138. The molecule has 0 N–H and O–H groups in total. The molecule has 0 radical (unpaired) electrons. The summed E-state index contributed by atoms with van der Waals surface area (Å²) in [4.78, 5) is 37.5. The summed E-state index contributed by atoms with van der Waals surface area (Å²) in [6, 6.07) is 16.8. The van der Waals surface area contributed by atoms with Crippen LogP contribution in [0.5, 0.6) is 0 Å². The van der Waals surface area contributed by atoms with Crippen molar-refractivity contribution in [3.8, 4) is 0 Å². The normalized spacial score (nSPS) is 18.6. The lowest BCUT2D eigenvalue weighted by atomic mass is 9.92. The van der Waals surface area contributed by atoms with Gasteiger partial charge in [0.2, 0.25) is 5.91 Å². The van der Waals surface area contributed by atoms with Crippen LogP contribution >= 0.6 is 0 Å². The predicted octanol–water partition coefficient (Wildman–Crippen LogP) is 2.84. The van der Waals surface area contributed by atoms with Crippen molar-refractivity contribution in [1.29, 1.82) is 0 Å². The molecular formula is C27H27N5O3. The number of pyridine rings is 1. The molecular weight excluding hydrogens is 442 g/mol. The minimum atomic E-state index is -0.535. The predicted molar refractivity (Wildman–Crippen MR) is 130 cm³/mol. The molecule has 0 aliphatic carbocycles. The maximum Gasteiger partial charge on any atom is 0.290 e. The van der Waals surface area contributed by atoms with E-state index in [4.69, 9.17) is 9.40 Å². The summed E-state index contributed by atoms with van der Waals surface area (Å²) in [5.41, 5.74) is 4.17. The van der Waals surface area contributed by atoms with Crippen molar-refractivity contribution in [2.24, 2.45) is 0 Å². The largest absolute Gasteiger partial charge is 0.459 e. The van der Waals surface area contributed by atoms with Crippen LogP contribution in [-0.4, -0.2) is 68.1 Å². The summed E-state index contributed by atoms with van der Waals surface area (Å²) in [5.74, 6) is 0.0274. The minimum absolute atomic E-state index is 0.00629. The highest BCUT2D eigenvalue weighted by molar-refractivity contribution is 5.96. The van der Waals surface area contributed by atoms with Gasteiger partial charge in [-0.3, -0.25) is 14.5 Å². The van der Waals surface area contributed by atoms with Crippen LogP contribution in [0.4, 0.5) is 0 Å². The molecule has 1 saturated heterocycles. The van der Waals surface area contributed by atoms with Gasteiger partial charge in [0.25, 0.3) is 5.91 Å². The van der Waals surface area contributed by atoms with Gasteiger partial charge in [-0.1, -0.05) is 30.3 Å². The minimum Gasteiger partial charge on any atom is -0.459 e. The van der Waals surface area contributed by atoms with Gasteiger partial charge in [-0.2, -0.15) is 0 Å². The number of fused-ring (bicyclic) bond motifs is 2. The number of furan rings is 1. The van der Waals surface area contributed by atoms with Crippen molar-refractivity contribution in [2.45, 2.75) is 25.6 Å². The molecule has 1 atom stereocenters. The van der Waals surface area contributed by atoms with E-state index < -0.39 is 6.04 Å². The summed E-state index contributed by atoms with van der Waals surface area (Å²) in [6.45, 7) is 3.97. The van der Waals surface area contributed by atoms with Crippen LogP contribution in [0.25, 0.3) is 5.65 Å². The van der Waals surface area contributed by atoms with E-state index in [1.165, 1.54) is 6.26 Å². The Morgan fingerprint density at radius 2 is 1.74 bits per heavy atom. The number of imidazole rings is 1. The first-order valence-corrected chi connectivity index (χ1v) is 12.0. The number of nitrogens with zero attached hydrogens (tertiary/aromatic N) is 5. The van der Waals surface area contributed by atoms with Gasteiger partial charge in [-0.25, -0.2) is 4.98 Å². The quantitative estimate of drug-likeness (QED) is 0.460. The highest BCUT2D eigenvalue weighted by Crippen LogP contribution is 2.27. The highest BCUT2D eigenvalue weighted by atomic mass is 16.3. The summed E-state index contributed by atoms with van der Waals surface area (Å²) in [7, 11) is 0. The fraction of sp³-hybridized carbons (Fsp3) is 0.296. The molecule has 8 nitrogen and oxygen atoms in total. The molecule has 2 aliphatic heterocycles. The van der Waals surface area contributed by atoms with Crippen LogP contribution in [0.1, 0.15) is 27.4 Å². The van der Waals surface area contributed by atoms with Gasteiger partial charge in [0.05, 0.1) is 12.0 Å². The van der Waals surface area contributed by atoms with Crippen molar-refractivity contribution in [2.75, 3.05) is 26.2 Å². The van der Waals surface area contributed by atoms with Gasteiger partial charge in [-0.15, -0.1) is 0 Å². The fourth-order valence-electron chi connectivity index (χ4n) is 5.13.